The van der Waals surface area contributed by atoms with E-state index in [1.165, 1.54) is 5.56 Å². The van der Waals surface area contributed by atoms with Crippen LogP contribution in [0.5, 0.6) is 0 Å². The molecule has 106 valence electrons. The first-order valence-corrected chi connectivity index (χ1v) is 7.43. The van der Waals surface area contributed by atoms with Gasteiger partial charge in [-0.1, -0.05) is 28.1 Å². The summed E-state index contributed by atoms with van der Waals surface area (Å²) in [4.78, 5) is 12.1. The van der Waals surface area contributed by atoms with Gasteiger partial charge < -0.3 is 5.32 Å². The van der Waals surface area contributed by atoms with Gasteiger partial charge in [0, 0.05) is 16.1 Å². The Hall–Kier alpha value is -2.12. The number of carbonyl (C=O) groups excluding carboxylic acids is 1. The molecule has 0 spiro atoms. The van der Waals surface area contributed by atoms with E-state index < -0.39 is 0 Å². The van der Waals surface area contributed by atoms with Gasteiger partial charge in [0.25, 0.3) is 5.91 Å². The summed E-state index contributed by atoms with van der Waals surface area (Å²) in [6, 6.07) is 16.8. The molecular weight excluding hydrogens is 328 g/mol. The summed E-state index contributed by atoms with van der Waals surface area (Å²) < 4.78 is 1.04. The van der Waals surface area contributed by atoms with Crippen LogP contribution < -0.4 is 5.32 Å². The lowest BCUT2D eigenvalue weighted by atomic mass is 10.1. The number of nitrogens with zero attached hydrogens (tertiary/aromatic N) is 1. The third kappa shape index (κ3) is 4.44. The van der Waals surface area contributed by atoms with Crippen LogP contribution in [0.25, 0.3) is 0 Å². The zero-order valence-electron chi connectivity index (χ0n) is 11.6. The number of amides is 1. The second kappa shape index (κ2) is 7.05. The maximum absolute atomic E-state index is 12.1. The van der Waals surface area contributed by atoms with E-state index in [4.69, 9.17) is 5.26 Å². The highest BCUT2D eigenvalue weighted by atomic mass is 79.9. The topological polar surface area (TPSA) is 52.9 Å². The molecule has 1 unspecified atom stereocenters. The van der Waals surface area contributed by atoms with E-state index in [-0.39, 0.29) is 11.9 Å². The minimum atomic E-state index is -0.121. The molecule has 0 heterocycles. The lowest BCUT2D eigenvalue weighted by molar-refractivity contribution is 0.0940. The molecule has 0 fully saturated rings. The summed E-state index contributed by atoms with van der Waals surface area (Å²) in [6.45, 7) is 1.98. The van der Waals surface area contributed by atoms with Gasteiger partial charge in [0.15, 0.2) is 0 Å². The standard InChI is InChI=1S/C17H15BrN2O/c1-12(10-13-4-8-16(18)9-5-13)20-17(21)15-6-2-14(11-19)3-7-15/h2-9,12H,10H2,1H3,(H,20,21). The van der Waals surface area contributed by atoms with Gasteiger partial charge in [-0.05, 0) is 55.3 Å². The van der Waals surface area contributed by atoms with Crippen molar-refractivity contribution in [3.63, 3.8) is 0 Å². The molecule has 2 aromatic rings. The van der Waals surface area contributed by atoms with E-state index >= 15 is 0 Å². The number of nitrogens with one attached hydrogen (secondary N) is 1. The number of rotatable bonds is 4. The minimum Gasteiger partial charge on any atom is -0.349 e. The van der Waals surface area contributed by atoms with Gasteiger partial charge in [0.05, 0.1) is 11.6 Å². The maximum Gasteiger partial charge on any atom is 0.251 e. The van der Waals surface area contributed by atoms with Crippen molar-refractivity contribution in [2.45, 2.75) is 19.4 Å². The van der Waals surface area contributed by atoms with Crippen molar-refractivity contribution >= 4 is 21.8 Å². The maximum atomic E-state index is 12.1. The van der Waals surface area contributed by atoms with Crippen LogP contribution >= 0.6 is 15.9 Å². The Balaban J connectivity index is 1.95. The van der Waals surface area contributed by atoms with E-state index in [2.05, 4.69) is 21.2 Å². The number of hydrogen-bond acceptors (Lipinski definition) is 2. The SMILES string of the molecule is CC(Cc1ccc(Br)cc1)NC(=O)c1ccc(C#N)cc1. The quantitative estimate of drug-likeness (QED) is 0.921. The molecule has 0 aliphatic heterocycles. The highest BCUT2D eigenvalue weighted by Crippen LogP contribution is 2.12. The molecule has 1 amide bonds. The molecule has 1 atom stereocenters. The first-order valence-electron chi connectivity index (χ1n) is 6.64. The summed E-state index contributed by atoms with van der Waals surface area (Å²) >= 11 is 3.40. The zero-order chi connectivity index (χ0) is 15.2. The number of nitriles is 1. The number of hydrogen-bond donors (Lipinski definition) is 1. The van der Waals surface area contributed by atoms with Crippen molar-refractivity contribution in [1.82, 2.24) is 5.32 Å². The lowest BCUT2D eigenvalue weighted by Crippen LogP contribution is -2.34. The zero-order valence-corrected chi connectivity index (χ0v) is 13.2. The summed E-state index contributed by atoms with van der Waals surface area (Å²) in [6.07, 6.45) is 0.773. The molecule has 0 bridgehead atoms. The molecule has 1 N–H and O–H groups in total. The van der Waals surface area contributed by atoms with Crippen molar-refractivity contribution in [2.75, 3.05) is 0 Å². The second-order valence-corrected chi connectivity index (χ2v) is 5.81. The summed E-state index contributed by atoms with van der Waals surface area (Å²) in [5.74, 6) is -0.121. The molecule has 2 rings (SSSR count). The Morgan fingerprint density at radius 1 is 1.19 bits per heavy atom. The lowest BCUT2D eigenvalue weighted by Gasteiger charge is -2.14. The summed E-state index contributed by atoms with van der Waals surface area (Å²) in [5, 5.41) is 11.7. The molecule has 0 aromatic heterocycles. The molecule has 3 nitrogen and oxygen atoms in total. The molecular formula is C17H15BrN2O. The minimum absolute atomic E-state index is 0.0364. The Bertz CT molecular complexity index is 657. The third-order valence-corrected chi connectivity index (χ3v) is 3.64. The monoisotopic (exact) mass is 342 g/mol. The van der Waals surface area contributed by atoms with Crippen LogP contribution in [0.2, 0.25) is 0 Å². The van der Waals surface area contributed by atoms with Crippen LogP contribution in [-0.4, -0.2) is 11.9 Å². The van der Waals surface area contributed by atoms with Gasteiger partial charge in [-0.3, -0.25) is 4.79 Å². The van der Waals surface area contributed by atoms with Crippen LogP contribution in [0, 0.1) is 11.3 Å². The largest absolute Gasteiger partial charge is 0.349 e. The number of carbonyl (C=O) groups is 1. The van der Waals surface area contributed by atoms with Crippen LogP contribution in [-0.2, 0) is 6.42 Å². The van der Waals surface area contributed by atoms with Gasteiger partial charge in [-0.15, -0.1) is 0 Å². The predicted molar refractivity (Wildman–Crippen MR) is 85.9 cm³/mol. The van der Waals surface area contributed by atoms with Crippen molar-refractivity contribution in [3.8, 4) is 6.07 Å². The molecule has 2 aromatic carbocycles. The van der Waals surface area contributed by atoms with Crippen LogP contribution in [0.1, 0.15) is 28.4 Å². The van der Waals surface area contributed by atoms with E-state index in [1.54, 1.807) is 24.3 Å². The van der Waals surface area contributed by atoms with E-state index in [0.717, 1.165) is 10.9 Å². The van der Waals surface area contributed by atoms with Crippen molar-refractivity contribution in [2.24, 2.45) is 0 Å². The highest BCUT2D eigenvalue weighted by Gasteiger charge is 2.10. The Morgan fingerprint density at radius 2 is 1.81 bits per heavy atom. The van der Waals surface area contributed by atoms with Crippen molar-refractivity contribution < 1.29 is 4.79 Å². The van der Waals surface area contributed by atoms with Crippen LogP contribution in [0.15, 0.2) is 53.0 Å². The van der Waals surface area contributed by atoms with Crippen LogP contribution in [0.4, 0.5) is 0 Å². The number of halogens is 1. The molecule has 0 radical (unpaired) electrons. The van der Waals surface area contributed by atoms with Crippen LogP contribution in [0.3, 0.4) is 0 Å². The second-order valence-electron chi connectivity index (χ2n) is 4.89. The number of benzene rings is 2. The van der Waals surface area contributed by atoms with E-state index in [9.17, 15) is 4.79 Å². The van der Waals surface area contributed by atoms with Crippen molar-refractivity contribution in [3.05, 3.63) is 69.7 Å². The molecule has 4 heteroatoms. The highest BCUT2D eigenvalue weighted by molar-refractivity contribution is 9.10. The molecule has 21 heavy (non-hydrogen) atoms. The van der Waals surface area contributed by atoms with Gasteiger partial charge >= 0.3 is 0 Å². The fourth-order valence-corrected chi connectivity index (χ4v) is 2.29. The molecule has 0 aliphatic rings. The molecule has 0 saturated carbocycles. The Labute approximate surface area is 132 Å². The Kier molecular flexibility index (Phi) is 5.13. The fourth-order valence-electron chi connectivity index (χ4n) is 2.03. The third-order valence-electron chi connectivity index (χ3n) is 3.11. The van der Waals surface area contributed by atoms with E-state index in [1.807, 2.05) is 37.3 Å². The molecule has 0 aliphatic carbocycles. The summed E-state index contributed by atoms with van der Waals surface area (Å²) in [5.41, 5.74) is 2.29. The summed E-state index contributed by atoms with van der Waals surface area (Å²) in [7, 11) is 0. The van der Waals surface area contributed by atoms with Crippen molar-refractivity contribution in [1.29, 1.82) is 5.26 Å². The molecule has 0 saturated heterocycles. The Morgan fingerprint density at radius 3 is 2.38 bits per heavy atom. The average molecular weight is 343 g/mol. The average Bonchev–Trinajstić information content (AvgIpc) is 2.49. The van der Waals surface area contributed by atoms with Gasteiger partial charge in [-0.2, -0.15) is 5.26 Å². The van der Waals surface area contributed by atoms with E-state index in [0.29, 0.717) is 11.1 Å². The van der Waals surface area contributed by atoms with Gasteiger partial charge in [0.1, 0.15) is 0 Å². The smallest absolute Gasteiger partial charge is 0.251 e. The van der Waals surface area contributed by atoms with Gasteiger partial charge in [0.2, 0.25) is 0 Å². The predicted octanol–water partition coefficient (Wildman–Crippen LogP) is 3.68. The normalized spacial score (nSPS) is 11.5. The fraction of sp³-hybridized carbons (Fsp3) is 0.176. The first-order chi connectivity index (χ1) is 10.1. The first kappa shape index (κ1) is 15.3. The van der Waals surface area contributed by atoms with Gasteiger partial charge in [-0.25, -0.2) is 0 Å².